The third-order valence-corrected chi connectivity index (χ3v) is 4.29. The fourth-order valence-electron chi connectivity index (χ4n) is 2.58. The van der Waals surface area contributed by atoms with Crippen LogP contribution in [0.15, 0.2) is 46.9 Å². The highest BCUT2D eigenvalue weighted by atomic mass is 79.9. The first-order chi connectivity index (χ1) is 10.1. The molecule has 1 atom stereocenters. The van der Waals surface area contributed by atoms with E-state index in [0.29, 0.717) is 6.04 Å². The molecule has 0 bridgehead atoms. The predicted octanol–water partition coefficient (Wildman–Crippen LogP) is 4.66. The second kappa shape index (κ2) is 7.71. The molecule has 3 heteroatoms. The minimum Gasteiger partial charge on any atom is -0.317 e. The highest BCUT2D eigenvalue weighted by Crippen LogP contribution is 2.18. The van der Waals surface area contributed by atoms with Gasteiger partial charge in [-0.05, 0) is 68.1 Å². The molecular formula is C18H21BrFN. The van der Waals surface area contributed by atoms with E-state index in [9.17, 15) is 4.39 Å². The molecule has 2 aromatic rings. The van der Waals surface area contributed by atoms with Gasteiger partial charge in [-0.15, -0.1) is 0 Å². The lowest BCUT2D eigenvalue weighted by atomic mass is 9.97. The Morgan fingerprint density at radius 2 is 1.95 bits per heavy atom. The van der Waals surface area contributed by atoms with Crippen molar-refractivity contribution in [2.45, 2.75) is 32.2 Å². The first-order valence-electron chi connectivity index (χ1n) is 7.25. The van der Waals surface area contributed by atoms with Crippen LogP contribution in [0, 0.1) is 12.7 Å². The Hall–Kier alpha value is -1.19. The smallest absolute Gasteiger partial charge is 0.124 e. The molecule has 0 aromatic heterocycles. The Kier molecular flexibility index (Phi) is 5.95. The topological polar surface area (TPSA) is 12.0 Å². The van der Waals surface area contributed by atoms with Crippen LogP contribution in [0.4, 0.5) is 4.39 Å². The Labute approximate surface area is 134 Å². The number of halogens is 2. The monoisotopic (exact) mass is 349 g/mol. The van der Waals surface area contributed by atoms with E-state index in [1.54, 1.807) is 6.07 Å². The fraction of sp³-hybridized carbons (Fsp3) is 0.333. The van der Waals surface area contributed by atoms with E-state index in [1.165, 1.54) is 17.2 Å². The maximum atomic E-state index is 13.4. The van der Waals surface area contributed by atoms with E-state index >= 15 is 0 Å². The maximum Gasteiger partial charge on any atom is 0.124 e. The first-order valence-corrected chi connectivity index (χ1v) is 8.04. The minimum atomic E-state index is -0.187. The molecule has 0 aliphatic carbocycles. The van der Waals surface area contributed by atoms with Gasteiger partial charge >= 0.3 is 0 Å². The number of hydrogen-bond acceptors (Lipinski definition) is 1. The van der Waals surface area contributed by atoms with Crippen molar-refractivity contribution in [1.29, 1.82) is 0 Å². The number of benzene rings is 2. The fourth-order valence-corrected chi connectivity index (χ4v) is 3.09. The average molecular weight is 350 g/mol. The van der Waals surface area contributed by atoms with Crippen molar-refractivity contribution in [3.05, 3.63) is 69.4 Å². The maximum absolute atomic E-state index is 13.4. The second-order valence-corrected chi connectivity index (χ2v) is 6.35. The zero-order valence-corrected chi connectivity index (χ0v) is 14.1. The van der Waals surface area contributed by atoms with Crippen molar-refractivity contribution in [3.63, 3.8) is 0 Å². The molecule has 2 aromatic carbocycles. The van der Waals surface area contributed by atoms with Crippen LogP contribution in [-0.4, -0.2) is 13.1 Å². The largest absolute Gasteiger partial charge is 0.317 e. The third kappa shape index (κ3) is 4.94. The lowest BCUT2D eigenvalue weighted by Gasteiger charge is -2.17. The molecule has 0 heterocycles. The Morgan fingerprint density at radius 3 is 2.62 bits per heavy atom. The van der Waals surface area contributed by atoms with E-state index in [-0.39, 0.29) is 5.82 Å². The van der Waals surface area contributed by atoms with Gasteiger partial charge in [-0.2, -0.15) is 0 Å². The van der Waals surface area contributed by atoms with E-state index in [2.05, 4.69) is 52.4 Å². The number of nitrogens with one attached hydrogen (secondary N) is 1. The molecular weight excluding hydrogens is 329 g/mol. The summed E-state index contributed by atoms with van der Waals surface area (Å²) in [5.41, 5.74) is 3.74. The van der Waals surface area contributed by atoms with Crippen molar-refractivity contribution in [2.75, 3.05) is 7.05 Å². The van der Waals surface area contributed by atoms with Crippen LogP contribution in [-0.2, 0) is 12.8 Å². The number of likely N-dealkylation sites (N-methyl/N-ethyl adjacent to an activating group) is 1. The third-order valence-electron chi connectivity index (χ3n) is 3.84. The number of aryl methyl sites for hydroxylation is 2. The van der Waals surface area contributed by atoms with Crippen LogP contribution in [0.5, 0.6) is 0 Å². The zero-order chi connectivity index (χ0) is 15.2. The first kappa shape index (κ1) is 16.2. The lowest BCUT2D eigenvalue weighted by molar-refractivity contribution is 0.517. The molecule has 0 saturated heterocycles. The van der Waals surface area contributed by atoms with Gasteiger partial charge < -0.3 is 5.32 Å². The van der Waals surface area contributed by atoms with Crippen molar-refractivity contribution < 1.29 is 4.39 Å². The molecule has 0 fully saturated rings. The SMILES string of the molecule is CNC(CCc1ccccc1C)Cc1cc(F)cc(Br)c1. The van der Waals surface area contributed by atoms with Crippen molar-refractivity contribution in [3.8, 4) is 0 Å². The standard InChI is InChI=1S/C18H21BrFN/c1-13-5-3-4-6-15(13)7-8-18(21-2)11-14-9-16(19)12-17(20)10-14/h3-6,9-10,12,18,21H,7-8,11H2,1-2H3. The number of hydrogen-bond donors (Lipinski definition) is 1. The Morgan fingerprint density at radius 1 is 1.19 bits per heavy atom. The summed E-state index contributed by atoms with van der Waals surface area (Å²) in [6, 6.07) is 13.9. The van der Waals surface area contributed by atoms with Gasteiger partial charge in [0.2, 0.25) is 0 Å². The summed E-state index contributed by atoms with van der Waals surface area (Å²) in [5.74, 6) is -0.187. The van der Waals surface area contributed by atoms with Gasteiger partial charge in [0, 0.05) is 10.5 Å². The van der Waals surface area contributed by atoms with Gasteiger partial charge in [0.1, 0.15) is 5.82 Å². The van der Waals surface area contributed by atoms with Crippen LogP contribution < -0.4 is 5.32 Å². The van der Waals surface area contributed by atoms with Crippen molar-refractivity contribution in [1.82, 2.24) is 5.32 Å². The molecule has 0 aliphatic rings. The summed E-state index contributed by atoms with van der Waals surface area (Å²) in [7, 11) is 1.97. The van der Waals surface area contributed by atoms with Crippen LogP contribution in [0.3, 0.4) is 0 Å². The van der Waals surface area contributed by atoms with E-state index < -0.39 is 0 Å². The molecule has 2 rings (SSSR count). The van der Waals surface area contributed by atoms with E-state index in [0.717, 1.165) is 29.3 Å². The molecule has 21 heavy (non-hydrogen) atoms. The van der Waals surface area contributed by atoms with Gasteiger partial charge in [0.05, 0.1) is 0 Å². The van der Waals surface area contributed by atoms with Crippen molar-refractivity contribution >= 4 is 15.9 Å². The molecule has 0 amide bonds. The predicted molar refractivity (Wildman–Crippen MR) is 90.2 cm³/mol. The molecule has 112 valence electrons. The van der Waals surface area contributed by atoms with E-state index in [1.807, 2.05) is 13.1 Å². The molecule has 1 unspecified atom stereocenters. The molecule has 0 spiro atoms. The summed E-state index contributed by atoms with van der Waals surface area (Å²) >= 11 is 3.35. The lowest BCUT2D eigenvalue weighted by Crippen LogP contribution is -2.28. The zero-order valence-electron chi connectivity index (χ0n) is 12.5. The molecule has 0 aliphatic heterocycles. The summed E-state index contributed by atoms with van der Waals surface area (Å²) < 4.78 is 14.2. The summed E-state index contributed by atoms with van der Waals surface area (Å²) in [6.45, 7) is 2.15. The highest BCUT2D eigenvalue weighted by molar-refractivity contribution is 9.10. The van der Waals surface area contributed by atoms with Gasteiger partial charge in [-0.3, -0.25) is 0 Å². The van der Waals surface area contributed by atoms with Crippen LogP contribution >= 0.6 is 15.9 Å². The molecule has 1 nitrogen and oxygen atoms in total. The van der Waals surface area contributed by atoms with Gasteiger partial charge in [0.15, 0.2) is 0 Å². The van der Waals surface area contributed by atoms with E-state index in [4.69, 9.17) is 0 Å². The van der Waals surface area contributed by atoms with Gasteiger partial charge in [0.25, 0.3) is 0 Å². The Balaban J connectivity index is 1.98. The van der Waals surface area contributed by atoms with Gasteiger partial charge in [-0.1, -0.05) is 40.2 Å². The van der Waals surface area contributed by atoms with Gasteiger partial charge in [-0.25, -0.2) is 4.39 Å². The quantitative estimate of drug-likeness (QED) is 0.799. The van der Waals surface area contributed by atoms with Crippen LogP contribution in [0.2, 0.25) is 0 Å². The van der Waals surface area contributed by atoms with Crippen molar-refractivity contribution in [2.24, 2.45) is 0 Å². The highest BCUT2D eigenvalue weighted by Gasteiger charge is 2.10. The molecule has 0 saturated carbocycles. The molecule has 1 N–H and O–H groups in total. The normalized spacial score (nSPS) is 12.4. The van der Waals surface area contributed by atoms with Crippen LogP contribution in [0.25, 0.3) is 0 Å². The summed E-state index contributed by atoms with van der Waals surface area (Å²) in [6.07, 6.45) is 2.91. The molecule has 0 radical (unpaired) electrons. The Bertz CT molecular complexity index is 577. The average Bonchev–Trinajstić information content (AvgIpc) is 2.44. The second-order valence-electron chi connectivity index (χ2n) is 5.43. The summed E-state index contributed by atoms with van der Waals surface area (Å²) in [5, 5.41) is 3.34. The summed E-state index contributed by atoms with van der Waals surface area (Å²) in [4.78, 5) is 0. The minimum absolute atomic E-state index is 0.187. The van der Waals surface area contributed by atoms with Crippen LogP contribution in [0.1, 0.15) is 23.1 Å². The number of rotatable bonds is 6.